The molecule has 0 aliphatic carbocycles. The molecule has 2 aromatic carbocycles. The summed E-state index contributed by atoms with van der Waals surface area (Å²) in [5, 5.41) is 13.6. The maximum atomic E-state index is 13.7. The van der Waals surface area contributed by atoms with E-state index in [2.05, 4.69) is 5.32 Å². The van der Waals surface area contributed by atoms with Crippen LogP contribution >= 0.6 is 11.6 Å². The van der Waals surface area contributed by atoms with Gasteiger partial charge in [-0.3, -0.25) is 10.1 Å². The van der Waals surface area contributed by atoms with Gasteiger partial charge in [0.05, 0.1) is 11.0 Å². The largest absolute Gasteiger partial charge is 0.378 e. The number of nitro benzene ring substituents is 1. The highest BCUT2D eigenvalue weighted by molar-refractivity contribution is 6.32. The second-order valence-electron chi connectivity index (χ2n) is 4.46. The van der Waals surface area contributed by atoms with Crippen molar-refractivity contribution in [3.05, 3.63) is 68.7 Å². The summed E-state index contributed by atoms with van der Waals surface area (Å²) >= 11 is 5.80. The number of rotatable bonds is 4. The molecule has 0 aliphatic rings. The van der Waals surface area contributed by atoms with Crippen LogP contribution in [0.5, 0.6) is 0 Å². The fourth-order valence-corrected chi connectivity index (χ4v) is 2.17. The lowest BCUT2D eigenvalue weighted by Crippen LogP contribution is -2.09. The van der Waals surface area contributed by atoms with Gasteiger partial charge in [-0.05, 0) is 25.1 Å². The van der Waals surface area contributed by atoms with E-state index < -0.39 is 22.6 Å². The van der Waals surface area contributed by atoms with Gasteiger partial charge in [-0.2, -0.15) is 0 Å². The van der Waals surface area contributed by atoms with Crippen molar-refractivity contribution in [2.45, 2.75) is 13.0 Å². The zero-order valence-electron chi connectivity index (χ0n) is 10.9. The Morgan fingerprint density at radius 1 is 1.24 bits per heavy atom. The molecule has 4 nitrogen and oxygen atoms in total. The molecule has 0 heterocycles. The Hall–Kier alpha value is -2.21. The third kappa shape index (κ3) is 3.46. The molecule has 110 valence electrons. The van der Waals surface area contributed by atoms with E-state index in [1.54, 1.807) is 6.92 Å². The summed E-state index contributed by atoms with van der Waals surface area (Å²) in [5.41, 5.74) is 0.579. The average Bonchev–Trinajstić information content (AvgIpc) is 2.37. The third-order valence-corrected chi connectivity index (χ3v) is 3.26. The van der Waals surface area contributed by atoms with Gasteiger partial charge in [-0.1, -0.05) is 17.7 Å². The molecule has 0 spiro atoms. The lowest BCUT2D eigenvalue weighted by atomic mass is 10.1. The second kappa shape index (κ2) is 6.05. The number of hydrogen-bond acceptors (Lipinski definition) is 3. The van der Waals surface area contributed by atoms with Crippen LogP contribution in [-0.2, 0) is 0 Å². The van der Waals surface area contributed by atoms with Crippen LogP contribution in [0.3, 0.4) is 0 Å². The van der Waals surface area contributed by atoms with E-state index in [1.807, 2.05) is 0 Å². The highest BCUT2D eigenvalue weighted by atomic mass is 35.5. The maximum absolute atomic E-state index is 13.7. The molecule has 21 heavy (non-hydrogen) atoms. The van der Waals surface area contributed by atoms with Crippen LogP contribution in [0.25, 0.3) is 0 Å². The van der Waals surface area contributed by atoms with E-state index >= 15 is 0 Å². The molecule has 0 amide bonds. The van der Waals surface area contributed by atoms with Crippen LogP contribution in [0.2, 0.25) is 5.02 Å². The Morgan fingerprint density at radius 3 is 2.52 bits per heavy atom. The van der Waals surface area contributed by atoms with Gasteiger partial charge in [0, 0.05) is 23.4 Å². The summed E-state index contributed by atoms with van der Waals surface area (Å²) in [6, 6.07) is 6.98. The second-order valence-corrected chi connectivity index (χ2v) is 4.86. The Kier molecular flexibility index (Phi) is 4.37. The van der Waals surface area contributed by atoms with Crippen LogP contribution in [0.1, 0.15) is 18.5 Å². The lowest BCUT2D eigenvalue weighted by Gasteiger charge is -2.16. The van der Waals surface area contributed by atoms with Gasteiger partial charge in [0.1, 0.15) is 16.7 Å². The van der Waals surface area contributed by atoms with Crippen molar-refractivity contribution in [3.8, 4) is 0 Å². The van der Waals surface area contributed by atoms with Crippen molar-refractivity contribution in [2.24, 2.45) is 0 Å². The molecule has 2 aromatic rings. The predicted octanol–water partition coefficient (Wildman–Crippen LogP) is 4.70. The summed E-state index contributed by atoms with van der Waals surface area (Å²) < 4.78 is 26.5. The molecule has 1 N–H and O–H groups in total. The van der Waals surface area contributed by atoms with Crippen LogP contribution in [0, 0.1) is 21.7 Å². The normalized spacial score (nSPS) is 12.0. The lowest BCUT2D eigenvalue weighted by molar-refractivity contribution is -0.384. The number of benzene rings is 2. The fourth-order valence-electron chi connectivity index (χ4n) is 1.93. The zero-order valence-corrected chi connectivity index (χ0v) is 11.7. The molecule has 0 saturated carbocycles. The summed E-state index contributed by atoms with van der Waals surface area (Å²) in [6.07, 6.45) is 0. The molecule has 0 saturated heterocycles. The van der Waals surface area contributed by atoms with Gasteiger partial charge in [0.15, 0.2) is 0 Å². The Bertz CT molecular complexity index is 695. The summed E-state index contributed by atoms with van der Waals surface area (Å²) in [4.78, 5) is 10.1. The van der Waals surface area contributed by atoms with Gasteiger partial charge < -0.3 is 5.32 Å². The number of nitrogens with zero attached hydrogens (tertiary/aromatic N) is 1. The summed E-state index contributed by atoms with van der Waals surface area (Å²) in [7, 11) is 0. The highest BCUT2D eigenvalue weighted by Crippen LogP contribution is 2.29. The van der Waals surface area contributed by atoms with Crippen molar-refractivity contribution in [1.82, 2.24) is 0 Å². The summed E-state index contributed by atoms with van der Waals surface area (Å²) in [5.74, 6) is -1.31. The van der Waals surface area contributed by atoms with Crippen molar-refractivity contribution in [2.75, 3.05) is 5.32 Å². The van der Waals surface area contributed by atoms with Crippen molar-refractivity contribution in [1.29, 1.82) is 0 Å². The van der Waals surface area contributed by atoms with Gasteiger partial charge in [-0.25, -0.2) is 8.78 Å². The SMILES string of the molecule is CC(Nc1ccc([N+](=O)[O-])c(Cl)c1)c1ccc(F)cc1F. The molecule has 0 fully saturated rings. The van der Waals surface area contributed by atoms with E-state index in [9.17, 15) is 18.9 Å². The molecule has 1 unspecified atom stereocenters. The quantitative estimate of drug-likeness (QED) is 0.657. The number of nitro groups is 1. The van der Waals surface area contributed by atoms with Crippen molar-refractivity contribution >= 4 is 23.0 Å². The number of nitrogens with one attached hydrogen (secondary N) is 1. The Labute approximate surface area is 124 Å². The van der Waals surface area contributed by atoms with Gasteiger partial charge in [-0.15, -0.1) is 0 Å². The molecular weight excluding hydrogens is 302 g/mol. The number of halogens is 3. The number of hydrogen-bond donors (Lipinski definition) is 1. The monoisotopic (exact) mass is 312 g/mol. The molecule has 0 aromatic heterocycles. The fraction of sp³-hybridized carbons (Fsp3) is 0.143. The van der Waals surface area contributed by atoms with Crippen LogP contribution in [0.4, 0.5) is 20.2 Å². The van der Waals surface area contributed by atoms with Gasteiger partial charge >= 0.3 is 0 Å². The number of anilines is 1. The van der Waals surface area contributed by atoms with Crippen LogP contribution in [-0.4, -0.2) is 4.92 Å². The molecule has 0 bridgehead atoms. The van der Waals surface area contributed by atoms with E-state index in [0.29, 0.717) is 5.69 Å². The molecule has 2 rings (SSSR count). The first-order valence-corrected chi connectivity index (χ1v) is 6.41. The predicted molar refractivity (Wildman–Crippen MR) is 76.5 cm³/mol. The molecule has 1 atom stereocenters. The first-order valence-electron chi connectivity index (χ1n) is 6.04. The molecule has 0 aliphatic heterocycles. The first kappa shape index (κ1) is 15.2. The summed E-state index contributed by atoms with van der Waals surface area (Å²) in [6.45, 7) is 1.69. The molecular formula is C14H11ClF2N2O2. The average molecular weight is 313 g/mol. The minimum Gasteiger partial charge on any atom is -0.378 e. The Balaban J connectivity index is 2.21. The van der Waals surface area contributed by atoms with E-state index in [-0.39, 0.29) is 16.3 Å². The maximum Gasteiger partial charge on any atom is 0.288 e. The van der Waals surface area contributed by atoms with Gasteiger partial charge in [0.2, 0.25) is 0 Å². The third-order valence-electron chi connectivity index (χ3n) is 2.96. The Morgan fingerprint density at radius 2 is 1.95 bits per heavy atom. The van der Waals surface area contributed by atoms with Crippen molar-refractivity contribution < 1.29 is 13.7 Å². The van der Waals surface area contributed by atoms with E-state index in [0.717, 1.165) is 6.07 Å². The standard InChI is InChI=1S/C14H11ClF2N2O2/c1-8(11-4-2-9(16)6-13(11)17)18-10-3-5-14(19(20)21)12(15)7-10/h2-8,18H,1H3. The van der Waals surface area contributed by atoms with Crippen molar-refractivity contribution in [3.63, 3.8) is 0 Å². The minimum atomic E-state index is -0.664. The topological polar surface area (TPSA) is 55.2 Å². The highest BCUT2D eigenvalue weighted by Gasteiger charge is 2.15. The van der Waals surface area contributed by atoms with E-state index in [1.165, 1.54) is 30.3 Å². The molecule has 7 heteroatoms. The van der Waals surface area contributed by atoms with Gasteiger partial charge in [0.25, 0.3) is 5.69 Å². The smallest absolute Gasteiger partial charge is 0.288 e. The first-order chi connectivity index (χ1) is 9.88. The van der Waals surface area contributed by atoms with Crippen LogP contribution in [0.15, 0.2) is 36.4 Å². The zero-order chi connectivity index (χ0) is 15.6. The van der Waals surface area contributed by atoms with E-state index in [4.69, 9.17) is 11.6 Å². The molecule has 0 radical (unpaired) electrons. The minimum absolute atomic E-state index is 0.0169. The van der Waals surface area contributed by atoms with Crippen LogP contribution < -0.4 is 5.32 Å².